The fraction of sp³-hybridized carbons (Fsp3) is 0.333. The van der Waals surface area contributed by atoms with Crippen LogP contribution >= 0.6 is 0 Å². The molecule has 0 aliphatic rings. The van der Waals surface area contributed by atoms with Crippen LogP contribution in [0.15, 0.2) is 47.4 Å². The van der Waals surface area contributed by atoms with E-state index < -0.39 is 27.8 Å². The number of hydrogen-bond donors (Lipinski definition) is 3. The monoisotopic (exact) mass is 451 g/mol. The summed E-state index contributed by atoms with van der Waals surface area (Å²) in [6, 6.07) is 9.24. The van der Waals surface area contributed by atoms with E-state index in [4.69, 9.17) is 5.21 Å². The molecular weight excluding hydrogens is 425 g/mol. The molecule has 0 aliphatic carbocycles. The highest BCUT2D eigenvalue weighted by molar-refractivity contribution is 7.89. The molecule has 2 rings (SSSR count). The standard InChI is InChI=1S/C21H26FN3O5S/c1-14-12-19(8-9-20(14)22)31(29,30)25(15(2)21(27)24-28)13-18-6-4-17(5-7-18)10-11-23-16(3)26/h4-9,12,15,28H,10-11,13H2,1-3H3,(H,23,26)(H,24,27)/t15-/m1/s1. The summed E-state index contributed by atoms with van der Waals surface area (Å²) >= 11 is 0. The van der Waals surface area contributed by atoms with E-state index in [0.717, 1.165) is 22.0 Å². The van der Waals surface area contributed by atoms with E-state index in [2.05, 4.69) is 5.32 Å². The Morgan fingerprint density at radius 2 is 1.74 bits per heavy atom. The first-order chi connectivity index (χ1) is 14.6. The number of hydrogen-bond acceptors (Lipinski definition) is 5. The SMILES string of the molecule is CC(=O)NCCc1ccc(CN([C@H](C)C(=O)NO)S(=O)(=O)c2ccc(F)c(C)c2)cc1. The zero-order valence-electron chi connectivity index (χ0n) is 17.6. The minimum Gasteiger partial charge on any atom is -0.356 e. The van der Waals surface area contributed by atoms with Gasteiger partial charge in [-0.05, 0) is 55.2 Å². The van der Waals surface area contributed by atoms with Gasteiger partial charge in [0, 0.05) is 20.0 Å². The van der Waals surface area contributed by atoms with Crippen LogP contribution < -0.4 is 10.8 Å². The maximum Gasteiger partial charge on any atom is 0.261 e. The Balaban J connectivity index is 2.31. The smallest absolute Gasteiger partial charge is 0.261 e. The molecule has 2 aromatic carbocycles. The van der Waals surface area contributed by atoms with Gasteiger partial charge in [0.25, 0.3) is 5.91 Å². The molecule has 0 radical (unpaired) electrons. The van der Waals surface area contributed by atoms with Gasteiger partial charge in [0.1, 0.15) is 11.9 Å². The Labute approximate surface area is 181 Å². The maximum atomic E-state index is 13.6. The molecule has 3 N–H and O–H groups in total. The first-order valence-electron chi connectivity index (χ1n) is 9.60. The Kier molecular flexibility index (Phi) is 8.26. The van der Waals surface area contributed by atoms with Gasteiger partial charge in [-0.15, -0.1) is 0 Å². The second kappa shape index (κ2) is 10.5. The fourth-order valence-corrected chi connectivity index (χ4v) is 4.61. The Hall–Kier alpha value is -2.82. The molecule has 31 heavy (non-hydrogen) atoms. The Morgan fingerprint density at radius 3 is 2.29 bits per heavy atom. The van der Waals surface area contributed by atoms with Crippen LogP contribution in [0.25, 0.3) is 0 Å². The van der Waals surface area contributed by atoms with Crippen molar-refractivity contribution >= 4 is 21.8 Å². The van der Waals surface area contributed by atoms with Gasteiger partial charge in [-0.1, -0.05) is 24.3 Å². The van der Waals surface area contributed by atoms with Crippen LogP contribution in [0.1, 0.15) is 30.5 Å². The summed E-state index contributed by atoms with van der Waals surface area (Å²) < 4.78 is 41.0. The lowest BCUT2D eigenvalue weighted by Crippen LogP contribution is -2.46. The van der Waals surface area contributed by atoms with Crippen LogP contribution in [-0.2, 0) is 32.6 Å². The molecule has 168 valence electrons. The number of hydroxylamine groups is 1. The minimum atomic E-state index is -4.18. The molecule has 0 heterocycles. The number of halogens is 1. The van der Waals surface area contributed by atoms with Crippen LogP contribution in [-0.4, -0.2) is 42.3 Å². The van der Waals surface area contributed by atoms with Crippen LogP contribution in [0.5, 0.6) is 0 Å². The van der Waals surface area contributed by atoms with E-state index in [1.165, 1.54) is 32.3 Å². The van der Waals surface area contributed by atoms with Crippen molar-refractivity contribution in [2.24, 2.45) is 0 Å². The summed E-state index contributed by atoms with van der Waals surface area (Å²) in [6.45, 7) is 4.57. The quantitative estimate of drug-likeness (QED) is 0.398. The molecule has 0 bridgehead atoms. The summed E-state index contributed by atoms with van der Waals surface area (Å²) in [6.07, 6.45) is 0.611. The van der Waals surface area contributed by atoms with E-state index in [9.17, 15) is 22.4 Å². The zero-order chi connectivity index (χ0) is 23.2. The molecule has 1 atom stereocenters. The number of nitrogens with zero attached hydrogens (tertiary/aromatic N) is 1. The first-order valence-corrected chi connectivity index (χ1v) is 11.0. The van der Waals surface area contributed by atoms with Crippen molar-refractivity contribution in [3.63, 3.8) is 0 Å². The van der Waals surface area contributed by atoms with Gasteiger partial charge < -0.3 is 5.32 Å². The third-order valence-electron chi connectivity index (χ3n) is 4.81. The van der Waals surface area contributed by atoms with Crippen molar-refractivity contribution in [2.75, 3.05) is 6.54 Å². The summed E-state index contributed by atoms with van der Waals surface area (Å²) in [5.74, 6) is -1.56. The summed E-state index contributed by atoms with van der Waals surface area (Å²) in [5.41, 5.74) is 3.19. The van der Waals surface area contributed by atoms with Crippen LogP contribution in [0.2, 0.25) is 0 Å². The van der Waals surface area contributed by atoms with Gasteiger partial charge >= 0.3 is 0 Å². The van der Waals surface area contributed by atoms with Crippen molar-refractivity contribution in [3.05, 3.63) is 65.0 Å². The largest absolute Gasteiger partial charge is 0.356 e. The topological polar surface area (TPSA) is 116 Å². The predicted octanol–water partition coefficient (Wildman–Crippen LogP) is 1.90. The molecule has 2 aromatic rings. The molecule has 10 heteroatoms. The number of amides is 2. The lowest BCUT2D eigenvalue weighted by Gasteiger charge is -2.27. The van der Waals surface area contributed by atoms with E-state index in [1.807, 2.05) is 0 Å². The number of carbonyl (C=O) groups is 2. The number of carbonyl (C=O) groups excluding carboxylic acids is 2. The van der Waals surface area contributed by atoms with Crippen molar-refractivity contribution in [1.29, 1.82) is 0 Å². The molecule has 0 saturated carbocycles. The maximum absolute atomic E-state index is 13.6. The number of nitrogens with one attached hydrogen (secondary N) is 2. The first kappa shape index (κ1) is 24.4. The molecule has 0 aliphatic heterocycles. The average Bonchev–Trinajstić information content (AvgIpc) is 2.73. The lowest BCUT2D eigenvalue weighted by molar-refractivity contribution is -0.132. The molecule has 0 unspecified atom stereocenters. The Morgan fingerprint density at radius 1 is 1.13 bits per heavy atom. The number of benzene rings is 2. The van der Waals surface area contributed by atoms with Gasteiger partial charge in [0.2, 0.25) is 15.9 Å². The summed E-state index contributed by atoms with van der Waals surface area (Å²) in [4.78, 5) is 22.8. The number of rotatable bonds is 9. The molecular formula is C21H26FN3O5S. The number of sulfonamides is 1. The molecule has 0 spiro atoms. The van der Waals surface area contributed by atoms with E-state index in [0.29, 0.717) is 18.5 Å². The van der Waals surface area contributed by atoms with Crippen molar-refractivity contribution < 1.29 is 27.6 Å². The molecule has 2 amide bonds. The highest BCUT2D eigenvalue weighted by Gasteiger charge is 2.33. The van der Waals surface area contributed by atoms with Gasteiger partial charge in [0.15, 0.2) is 0 Å². The second-order valence-corrected chi connectivity index (χ2v) is 9.05. The summed E-state index contributed by atoms with van der Waals surface area (Å²) in [7, 11) is -4.18. The fourth-order valence-electron chi connectivity index (χ4n) is 2.94. The highest BCUT2D eigenvalue weighted by atomic mass is 32.2. The van der Waals surface area contributed by atoms with Crippen molar-refractivity contribution in [1.82, 2.24) is 15.1 Å². The van der Waals surface area contributed by atoms with Gasteiger partial charge in [-0.3, -0.25) is 14.8 Å². The van der Waals surface area contributed by atoms with E-state index in [1.54, 1.807) is 24.3 Å². The van der Waals surface area contributed by atoms with Crippen LogP contribution in [0, 0.1) is 12.7 Å². The highest BCUT2D eigenvalue weighted by Crippen LogP contribution is 2.23. The molecule has 0 saturated heterocycles. The number of aryl methyl sites for hydroxylation is 1. The molecule has 8 nitrogen and oxygen atoms in total. The predicted molar refractivity (Wildman–Crippen MR) is 112 cm³/mol. The van der Waals surface area contributed by atoms with E-state index >= 15 is 0 Å². The minimum absolute atomic E-state index is 0.121. The summed E-state index contributed by atoms with van der Waals surface area (Å²) in [5, 5.41) is 11.7. The lowest BCUT2D eigenvalue weighted by atomic mass is 10.1. The van der Waals surface area contributed by atoms with Gasteiger partial charge in [0.05, 0.1) is 4.90 Å². The van der Waals surface area contributed by atoms with Crippen molar-refractivity contribution in [3.8, 4) is 0 Å². The molecule has 0 aromatic heterocycles. The van der Waals surface area contributed by atoms with Crippen LogP contribution in [0.4, 0.5) is 4.39 Å². The van der Waals surface area contributed by atoms with Gasteiger partial charge in [-0.25, -0.2) is 18.3 Å². The second-order valence-electron chi connectivity index (χ2n) is 7.16. The Bertz CT molecular complexity index is 1040. The third kappa shape index (κ3) is 6.33. The average molecular weight is 452 g/mol. The third-order valence-corrected chi connectivity index (χ3v) is 6.72. The molecule has 0 fully saturated rings. The van der Waals surface area contributed by atoms with Gasteiger partial charge in [-0.2, -0.15) is 4.31 Å². The van der Waals surface area contributed by atoms with Crippen molar-refractivity contribution in [2.45, 2.75) is 44.7 Å². The van der Waals surface area contributed by atoms with E-state index in [-0.39, 0.29) is 22.9 Å². The van der Waals surface area contributed by atoms with Crippen LogP contribution in [0.3, 0.4) is 0 Å². The normalized spacial score (nSPS) is 12.5. The zero-order valence-corrected chi connectivity index (χ0v) is 18.4.